The van der Waals surface area contributed by atoms with Crippen molar-refractivity contribution in [3.63, 3.8) is 0 Å². The number of benzene rings is 1. The summed E-state index contributed by atoms with van der Waals surface area (Å²) in [7, 11) is 0. The molecule has 3 N–H and O–H groups in total. The van der Waals surface area contributed by atoms with Crippen molar-refractivity contribution in [2.24, 2.45) is 0 Å². The summed E-state index contributed by atoms with van der Waals surface area (Å²) < 4.78 is 0. The van der Waals surface area contributed by atoms with E-state index >= 15 is 0 Å². The lowest BCUT2D eigenvalue weighted by Crippen LogP contribution is -2.46. The molecule has 1 fully saturated rings. The third-order valence-corrected chi connectivity index (χ3v) is 2.70. The van der Waals surface area contributed by atoms with Crippen molar-refractivity contribution >= 4 is 17.6 Å². The Morgan fingerprint density at radius 2 is 1.89 bits per heavy atom. The van der Waals surface area contributed by atoms with Gasteiger partial charge in [0.05, 0.1) is 0 Å². The van der Waals surface area contributed by atoms with Crippen LogP contribution in [-0.4, -0.2) is 24.0 Å². The summed E-state index contributed by atoms with van der Waals surface area (Å²) in [6.45, 7) is 1.67. The van der Waals surface area contributed by atoms with Crippen LogP contribution in [0.3, 0.4) is 0 Å². The maximum Gasteiger partial charge on any atom is 0.319 e. The number of amides is 3. The lowest BCUT2D eigenvalue weighted by atomic mass is 10.3. The predicted octanol–water partition coefficient (Wildman–Crippen LogP) is 1.48. The highest BCUT2D eigenvalue weighted by Crippen LogP contribution is 2.18. The van der Waals surface area contributed by atoms with Crippen LogP contribution in [-0.2, 0) is 4.79 Å². The fraction of sp³-hybridized carbons (Fsp3) is 0.385. The third kappa shape index (κ3) is 3.76. The quantitative estimate of drug-likeness (QED) is 0.754. The van der Waals surface area contributed by atoms with Crippen molar-refractivity contribution in [2.75, 3.05) is 5.32 Å². The Kier molecular flexibility index (Phi) is 3.82. The number of rotatable bonds is 4. The maximum atomic E-state index is 11.6. The second-order valence-electron chi connectivity index (χ2n) is 4.47. The maximum absolute atomic E-state index is 11.6. The molecule has 0 heterocycles. The highest BCUT2D eigenvalue weighted by Gasteiger charge is 2.26. The fourth-order valence-corrected chi connectivity index (χ4v) is 1.50. The number of carbonyl (C=O) groups excluding carboxylic acids is 2. The second kappa shape index (κ2) is 5.53. The van der Waals surface area contributed by atoms with E-state index in [9.17, 15) is 9.59 Å². The first kappa shape index (κ1) is 12.4. The first-order chi connectivity index (χ1) is 8.65. The number of para-hydroxylation sites is 1. The molecule has 0 spiro atoms. The minimum Gasteiger partial charge on any atom is -0.352 e. The van der Waals surface area contributed by atoms with Gasteiger partial charge < -0.3 is 16.0 Å². The van der Waals surface area contributed by atoms with E-state index < -0.39 is 6.04 Å². The van der Waals surface area contributed by atoms with Crippen molar-refractivity contribution in [1.29, 1.82) is 0 Å². The van der Waals surface area contributed by atoms with Gasteiger partial charge in [0.1, 0.15) is 6.04 Å². The molecule has 3 amide bonds. The van der Waals surface area contributed by atoms with Gasteiger partial charge in [0.2, 0.25) is 5.91 Å². The molecular weight excluding hydrogens is 230 g/mol. The summed E-state index contributed by atoms with van der Waals surface area (Å²) in [4.78, 5) is 23.3. The zero-order chi connectivity index (χ0) is 13.0. The minimum atomic E-state index is -0.533. The van der Waals surface area contributed by atoms with E-state index in [0.717, 1.165) is 12.8 Å². The normalized spacial score (nSPS) is 15.6. The Bertz CT molecular complexity index is 429. The number of nitrogens with one attached hydrogen (secondary N) is 3. The molecule has 0 saturated heterocycles. The Morgan fingerprint density at radius 3 is 2.50 bits per heavy atom. The van der Waals surface area contributed by atoms with E-state index in [1.807, 2.05) is 18.2 Å². The molecular formula is C13H17N3O2. The van der Waals surface area contributed by atoms with Gasteiger partial charge in [0.15, 0.2) is 0 Å². The van der Waals surface area contributed by atoms with Crippen molar-refractivity contribution in [3.05, 3.63) is 30.3 Å². The molecule has 5 nitrogen and oxygen atoms in total. The first-order valence-corrected chi connectivity index (χ1v) is 6.08. The fourth-order valence-electron chi connectivity index (χ4n) is 1.50. The third-order valence-electron chi connectivity index (χ3n) is 2.70. The Hall–Kier alpha value is -2.04. The smallest absolute Gasteiger partial charge is 0.319 e. The van der Waals surface area contributed by atoms with E-state index in [-0.39, 0.29) is 11.9 Å². The molecule has 0 aliphatic heterocycles. The molecule has 0 bridgehead atoms. The SMILES string of the molecule is CC(NC(=O)Nc1ccccc1)C(=O)NC1CC1. The van der Waals surface area contributed by atoms with E-state index in [4.69, 9.17) is 0 Å². The molecule has 0 radical (unpaired) electrons. The Labute approximate surface area is 106 Å². The minimum absolute atomic E-state index is 0.138. The molecule has 1 unspecified atom stereocenters. The lowest BCUT2D eigenvalue weighted by molar-refractivity contribution is -0.122. The van der Waals surface area contributed by atoms with Crippen LogP contribution >= 0.6 is 0 Å². The first-order valence-electron chi connectivity index (χ1n) is 6.08. The highest BCUT2D eigenvalue weighted by atomic mass is 16.2. The van der Waals surface area contributed by atoms with Crippen LogP contribution in [0.15, 0.2) is 30.3 Å². The van der Waals surface area contributed by atoms with E-state index in [2.05, 4.69) is 16.0 Å². The lowest BCUT2D eigenvalue weighted by Gasteiger charge is -2.14. The van der Waals surface area contributed by atoms with Gasteiger partial charge in [-0.2, -0.15) is 0 Å². The molecule has 0 aromatic heterocycles. The van der Waals surface area contributed by atoms with Gasteiger partial charge in [0.25, 0.3) is 0 Å². The zero-order valence-electron chi connectivity index (χ0n) is 10.3. The predicted molar refractivity (Wildman–Crippen MR) is 69.2 cm³/mol. The van der Waals surface area contributed by atoms with Crippen LogP contribution in [0.4, 0.5) is 10.5 Å². The van der Waals surface area contributed by atoms with E-state index in [1.54, 1.807) is 19.1 Å². The van der Waals surface area contributed by atoms with Gasteiger partial charge in [-0.25, -0.2) is 4.79 Å². The molecule has 1 aromatic carbocycles. The van der Waals surface area contributed by atoms with Gasteiger partial charge in [-0.3, -0.25) is 4.79 Å². The average Bonchev–Trinajstić information content (AvgIpc) is 3.14. The number of hydrogen-bond acceptors (Lipinski definition) is 2. The van der Waals surface area contributed by atoms with E-state index in [1.165, 1.54) is 0 Å². The summed E-state index contributed by atoms with van der Waals surface area (Å²) in [5, 5.41) is 8.11. The molecule has 1 aromatic rings. The summed E-state index contributed by atoms with van der Waals surface area (Å²) in [5.41, 5.74) is 0.699. The number of anilines is 1. The molecule has 1 atom stereocenters. The molecule has 5 heteroatoms. The van der Waals surface area contributed by atoms with Crippen LogP contribution in [0, 0.1) is 0 Å². The highest BCUT2D eigenvalue weighted by molar-refractivity contribution is 5.93. The van der Waals surface area contributed by atoms with Crippen LogP contribution in [0.1, 0.15) is 19.8 Å². The van der Waals surface area contributed by atoms with Crippen molar-refractivity contribution in [3.8, 4) is 0 Å². The van der Waals surface area contributed by atoms with E-state index in [0.29, 0.717) is 11.7 Å². The van der Waals surface area contributed by atoms with Gasteiger partial charge in [-0.05, 0) is 31.9 Å². The van der Waals surface area contributed by atoms with Crippen LogP contribution in [0.25, 0.3) is 0 Å². The van der Waals surface area contributed by atoms with Crippen molar-refractivity contribution in [2.45, 2.75) is 31.8 Å². The van der Waals surface area contributed by atoms with Crippen molar-refractivity contribution < 1.29 is 9.59 Å². The summed E-state index contributed by atoms with van der Waals surface area (Å²) in [6.07, 6.45) is 2.07. The van der Waals surface area contributed by atoms with Gasteiger partial charge in [-0.1, -0.05) is 18.2 Å². The zero-order valence-corrected chi connectivity index (χ0v) is 10.3. The van der Waals surface area contributed by atoms with Gasteiger partial charge in [-0.15, -0.1) is 0 Å². The summed E-state index contributed by atoms with van der Waals surface area (Å²) in [6, 6.07) is 8.50. The standard InChI is InChI=1S/C13H17N3O2/c1-9(12(17)15-11-7-8-11)14-13(18)16-10-5-3-2-4-6-10/h2-6,9,11H,7-8H2,1H3,(H,15,17)(H2,14,16,18). The summed E-state index contributed by atoms with van der Waals surface area (Å²) in [5.74, 6) is -0.138. The molecule has 2 rings (SSSR count). The van der Waals surface area contributed by atoms with Crippen LogP contribution in [0.2, 0.25) is 0 Å². The average molecular weight is 247 g/mol. The molecule has 1 aliphatic rings. The molecule has 1 aliphatic carbocycles. The largest absolute Gasteiger partial charge is 0.352 e. The monoisotopic (exact) mass is 247 g/mol. The van der Waals surface area contributed by atoms with Crippen LogP contribution in [0.5, 0.6) is 0 Å². The van der Waals surface area contributed by atoms with Crippen LogP contribution < -0.4 is 16.0 Å². The number of carbonyl (C=O) groups is 2. The second-order valence-corrected chi connectivity index (χ2v) is 4.47. The molecule has 18 heavy (non-hydrogen) atoms. The van der Waals surface area contributed by atoms with Crippen molar-refractivity contribution in [1.82, 2.24) is 10.6 Å². The Balaban J connectivity index is 1.77. The Morgan fingerprint density at radius 1 is 1.22 bits per heavy atom. The molecule has 96 valence electrons. The summed E-state index contributed by atoms with van der Waals surface area (Å²) >= 11 is 0. The topological polar surface area (TPSA) is 70.2 Å². The van der Waals surface area contributed by atoms with Gasteiger partial charge >= 0.3 is 6.03 Å². The number of urea groups is 1. The number of hydrogen-bond donors (Lipinski definition) is 3. The van der Waals surface area contributed by atoms with Gasteiger partial charge in [0, 0.05) is 11.7 Å². The molecule has 1 saturated carbocycles.